The van der Waals surface area contributed by atoms with Crippen molar-refractivity contribution in [2.45, 2.75) is 19.4 Å². The smallest absolute Gasteiger partial charge is 0.0828 e. The van der Waals surface area contributed by atoms with Crippen LogP contribution in [0.5, 0.6) is 0 Å². The van der Waals surface area contributed by atoms with Gasteiger partial charge in [-0.3, -0.25) is 4.98 Å². The van der Waals surface area contributed by atoms with E-state index >= 15 is 0 Å². The fourth-order valence-electron chi connectivity index (χ4n) is 1.14. The van der Waals surface area contributed by atoms with Crippen LogP contribution in [0.15, 0.2) is 31.1 Å². The molecule has 0 amide bonds. The first-order valence-electron chi connectivity index (χ1n) is 3.95. The maximum Gasteiger partial charge on any atom is 0.0828 e. The summed E-state index contributed by atoms with van der Waals surface area (Å²) in [5, 5.41) is 9.60. The van der Waals surface area contributed by atoms with Crippen molar-refractivity contribution >= 4 is 0 Å². The van der Waals surface area contributed by atoms with Crippen LogP contribution in [-0.4, -0.2) is 10.1 Å². The summed E-state index contributed by atoms with van der Waals surface area (Å²) < 4.78 is 0. The third kappa shape index (κ3) is 1.92. The van der Waals surface area contributed by atoms with Crippen molar-refractivity contribution in [3.63, 3.8) is 0 Å². The van der Waals surface area contributed by atoms with Crippen molar-refractivity contribution < 1.29 is 5.11 Å². The molecule has 0 fully saturated rings. The number of aliphatic hydroxyl groups excluding tert-OH is 1. The summed E-state index contributed by atoms with van der Waals surface area (Å²) in [6, 6.07) is 1.84. The number of hydrogen-bond acceptors (Lipinski definition) is 2. The van der Waals surface area contributed by atoms with Crippen LogP contribution >= 0.6 is 0 Å². The molecule has 0 saturated heterocycles. The largest absolute Gasteiger partial charge is 0.388 e. The fraction of sp³-hybridized carbons (Fsp3) is 0.300. The molecule has 0 aliphatic carbocycles. The first-order valence-corrected chi connectivity index (χ1v) is 3.95. The van der Waals surface area contributed by atoms with E-state index in [-0.39, 0.29) is 0 Å². The zero-order chi connectivity index (χ0) is 8.97. The molecule has 2 heteroatoms. The van der Waals surface area contributed by atoms with E-state index in [9.17, 15) is 5.11 Å². The van der Waals surface area contributed by atoms with Crippen LogP contribution in [0.3, 0.4) is 0 Å². The standard InChI is InChI=1S/C10H13NO/c1-3-4-10(12)9-5-6-11-7-8(9)2/h3,5-7,10,12H,1,4H2,2H3. The molecule has 0 radical (unpaired) electrons. The van der Waals surface area contributed by atoms with Crippen molar-refractivity contribution in [3.05, 3.63) is 42.2 Å². The predicted molar refractivity (Wildman–Crippen MR) is 48.7 cm³/mol. The van der Waals surface area contributed by atoms with E-state index in [1.807, 2.05) is 13.0 Å². The van der Waals surface area contributed by atoms with Crippen molar-refractivity contribution in [1.82, 2.24) is 4.98 Å². The molecule has 0 saturated carbocycles. The monoisotopic (exact) mass is 163 g/mol. The molecule has 1 heterocycles. The average molecular weight is 163 g/mol. The number of aliphatic hydroxyl groups is 1. The Balaban J connectivity index is 2.86. The molecule has 1 aromatic rings. The normalized spacial score (nSPS) is 12.5. The number of rotatable bonds is 3. The second-order valence-electron chi connectivity index (χ2n) is 2.77. The molecule has 0 aromatic carbocycles. The molecule has 0 spiro atoms. The van der Waals surface area contributed by atoms with Gasteiger partial charge in [-0.15, -0.1) is 6.58 Å². The van der Waals surface area contributed by atoms with E-state index < -0.39 is 6.10 Å². The minimum atomic E-state index is -0.439. The minimum Gasteiger partial charge on any atom is -0.388 e. The lowest BCUT2D eigenvalue weighted by Crippen LogP contribution is -1.98. The molecule has 0 aliphatic rings. The zero-order valence-electron chi connectivity index (χ0n) is 7.20. The lowest BCUT2D eigenvalue weighted by atomic mass is 10.0. The van der Waals surface area contributed by atoms with Gasteiger partial charge in [0, 0.05) is 12.4 Å². The van der Waals surface area contributed by atoms with E-state index in [1.165, 1.54) is 0 Å². The molecular formula is C10H13NO. The maximum absolute atomic E-state index is 9.60. The molecule has 0 aliphatic heterocycles. The third-order valence-corrected chi connectivity index (χ3v) is 1.81. The molecule has 0 bridgehead atoms. The fourth-order valence-corrected chi connectivity index (χ4v) is 1.14. The van der Waals surface area contributed by atoms with Crippen molar-refractivity contribution in [2.24, 2.45) is 0 Å². The van der Waals surface area contributed by atoms with Crippen LogP contribution in [-0.2, 0) is 0 Å². The Hall–Kier alpha value is -1.15. The van der Waals surface area contributed by atoms with Crippen molar-refractivity contribution in [1.29, 1.82) is 0 Å². The first kappa shape index (κ1) is 8.94. The van der Waals surface area contributed by atoms with Gasteiger partial charge in [0.15, 0.2) is 0 Å². The van der Waals surface area contributed by atoms with Gasteiger partial charge in [0.1, 0.15) is 0 Å². The Bertz CT molecular complexity index is 270. The van der Waals surface area contributed by atoms with E-state index in [0.717, 1.165) is 11.1 Å². The highest BCUT2D eigenvalue weighted by molar-refractivity contribution is 5.24. The second-order valence-corrected chi connectivity index (χ2v) is 2.77. The van der Waals surface area contributed by atoms with Crippen LogP contribution in [0, 0.1) is 6.92 Å². The molecule has 1 rings (SSSR count). The van der Waals surface area contributed by atoms with Crippen LogP contribution in [0.1, 0.15) is 23.7 Å². The van der Waals surface area contributed by atoms with E-state index in [4.69, 9.17) is 0 Å². The Morgan fingerprint density at radius 1 is 1.75 bits per heavy atom. The number of pyridine rings is 1. The summed E-state index contributed by atoms with van der Waals surface area (Å²) in [5.74, 6) is 0. The SMILES string of the molecule is C=CCC(O)c1ccncc1C. The van der Waals surface area contributed by atoms with Crippen LogP contribution in [0.4, 0.5) is 0 Å². The van der Waals surface area contributed by atoms with Crippen LogP contribution in [0.25, 0.3) is 0 Å². The lowest BCUT2D eigenvalue weighted by Gasteiger charge is -2.10. The Labute approximate surface area is 72.6 Å². The molecule has 1 N–H and O–H groups in total. The molecule has 12 heavy (non-hydrogen) atoms. The summed E-state index contributed by atoms with van der Waals surface area (Å²) in [4.78, 5) is 3.95. The molecular weight excluding hydrogens is 150 g/mol. The summed E-state index contributed by atoms with van der Waals surface area (Å²) in [6.45, 7) is 5.52. The highest BCUT2D eigenvalue weighted by Gasteiger charge is 2.06. The van der Waals surface area contributed by atoms with Gasteiger partial charge in [-0.2, -0.15) is 0 Å². The number of hydrogen-bond donors (Lipinski definition) is 1. The predicted octanol–water partition coefficient (Wildman–Crippen LogP) is 2.00. The Morgan fingerprint density at radius 2 is 2.50 bits per heavy atom. The van der Waals surface area contributed by atoms with Gasteiger partial charge >= 0.3 is 0 Å². The zero-order valence-corrected chi connectivity index (χ0v) is 7.20. The average Bonchev–Trinajstić information content (AvgIpc) is 2.05. The summed E-state index contributed by atoms with van der Waals surface area (Å²) in [7, 11) is 0. The topological polar surface area (TPSA) is 33.1 Å². The first-order chi connectivity index (χ1) is 5.75. The maximum atomic E-state index is 9.60. The highest BCUT2D eigenvalue weighted by atomic mass is 16.3. The van der Waals surface area contributed by atoms with Gasteiger partial charge in [-0.25, -0.2) is 0 Å². The lowest BCUT2D eigenvalue weighted by molar-refractivity contribution is 0.181. The summed E-state index contributed by atoms with van der Waals surface area (Å²) in [6.07, 6.45) is 5.30. The third-order valence-electron chi connectivity index (χ3n) is 1.81. The Morgan fingerprint density at radius 3 is 3.08 bits per heavy atom. The summed E-state index contributed by atoms with van der Waals surface area (Å²) in [5.41, 5.74) is 1.96. The van der Waals surface area contributed by atoms with E-state index in [1.54, 1.807) is 18.5 Å². The number of aryl methyl sites for hydroxylation is 1. The van der Waals surface area contributed by atoms with E-state index in [0.29, 0.717) is 6.42 Å². The molecule has 1 aromatic heterocycles. The minimum absolute atomic E-state index is 0.439. The van der Waals surface area contributed by atoms with Gasteiger partial charge in [0.2, 0.25) is 0 Å². The van der Waals surface area contributed by atoms with Gasteiger partial charge in [-0.1, -0.05) is 6.08 Å². The van der Waals surface area contributed by atoms with Gasteiger partial charge in [0.25, 0.3) is 0 Å². The number of nitrogens with zero attached hydrogens (tertiary/aromatic N) is 1. The quantitative estimate of drug-likeness (QED) is 0.691. The molecule has 1 unspecified atom stereocenters. The molecule has 2 nitrogen and oxygen atoms in total. The van der Waals surface area contributed by atoms with Crippen LogP contribution < -0.4 is 0 Å². The highest BCUT2D eigenvalue weighted by Crippen LogP contribution is 2.19. The molecule has 1 atom stereocenters. The Kier molecular flexibility index (Phi) is 3.00. The van der Waals surface area contributed by atoms with Crippen molar-refractivity contribution in [3.8, 4) is 0 Å². The number of aromatic nitrogens is 1. The second kappa shape index (κ2) is 4.02. The van der Waals surface area contributed by atoms with Crippen molar-refractivity contribution in [2.75, 3.05) is 0 Å². The van der Waals surface area contributed by atoms with Gasteiger partial charge in [-0.05, 0) is 30.5 Å². The van der Waals surface area contributed by atoms with Gasteiger partial charge in [0.05, 0.1) is 6.10 Å². The van der Waals surface area contributed by atoms with E-state index in [2.05, 4.69) is 11.6 Å². The molecule has 64 valence electrons. The van der Waals surface area contributed by atoms with Gasteiger partial charge < -0.3 is 5.11 Å². The van der Waals surface area contributed by atoms with Crippen LogP contribution in [0.2, 0.25) is 0 Å². The summed E-state index contributed by atoms with van der Waals surface area (Å²) >= 11 is 0.